The van der Waals surface area contributed by atoms with E-state index < -0.39 is 12.1 Å². The Morgan fingerprint density at radius 3 is 2.81 bits per heavy atom. The topological polar surface area (TPSA) is 87.4 Å². The highest BCUT2D eigenvalue weighted by Gasteiger charge is 2.39. The summed E-state index contributed by atoms with van der Waals surface area (Å²) in [7, 11) is 0. The van der Waals surface area contributed by atoms with Crippen LogP contribution in [0.25, 0.3) is 5.65 Å². The van der Waals surface area contributed by atoms with E-state index in [0.29, 0.717) is 31.1 Å². The second kappa shape index (κ2) is 7.88. The molecule has 2 saturated heterocycles. The van der Waals surface area contributed by atoms with E-state index in [1.54, 1.807) is 12.1 Å². The van der Waals surface area contributed by atoms with Crippen LogP contribution in [0, 0.1) is 0 Å². The average Bonchev–Trinajstić information content (AvgIpc) is 3.37. The van der Waals surface area contributed by atoms with Crippen molar-refractivity contribution in [3.63, 3.8) is 0 Å². The number of halogens is 2. The molecule has 164 valence electrons. The molecular weight excluding hydrogens is 408 g/mol. The number of amides is 1. The molecule has 5 rings (SSSR count). The maximum Gasteiger partial charge on any atom is 0.273 e. The Morgan fingerprint density at radius 1 is 1.19 bits per heavy atom. The summed E-state index contributed by atoms with van der Waals surface area (Å²) in [6, 6.07) is 3.32. The van der Waals surface area contributed by atoms with Gasteiger partial charge in [-0.05, 0) is 18.2 Å². The number of carbonyl (C=O) groups excluding carboxylic acids is 1. The molecule has 0 aliphatic carbocycles. The lowest BCUT2D eigenvalue weighted by molar-refractivity contribution is 0.0256. The first-order chi connectivity index (χ1) is 15.0. The van der Waals surface area contributed by atoms with Gasteiger partial charge in [0.1, 0.15) is 17.8 Å². The number of hydrogen-bond acceptors (Lipinski definition) is 7. The van der Waals surface area contributed by atoms with E-state index in [1.165, 1.54) is 15.6 Å². The largest absolute Gasteiger partial charge is 0.378 e. The number of nitrogens with zero attached hydrogens (tertiary/aromatic N) is 6. The zero-order valence-corrected chi connectivity index (χ0v) is 16.9. The van der Waals surface area contributed by atoms with Crippen LogP contribution in [0.3, 0.4) is 0 Å². The van der Waals surface area contributed by atoms with Crippen molar-refractivity contribution >= 4 is 23.2 Å². The van der Waals surface area contributed by atoms with E-state index in [0.717, 1.165) is 18.9 Å². The number of imidazole rings is 1. The van der Waals surface area contributed by atoms with Gasteiger partial charge in [0, 0.05) is 32.5 Å². The van der Waals surface area contributed by atoms with Crippen molar-refractivity contribution in [2.75, 3.05) is 44.3 Å². The Bertz CT molecular complexity index is 1050. The van der Waals surface area contributed by atoms with Gasteiger partial charge in [0.2, 0.25) is 0 Å². The van der Waals surface area contributed by atoms with Gasteiger partial charge in [-0.1, -0.05) is 6.08 Å². The van der Waals surface area contributed by atoms with E-state index in [-0.39, 0.29) is 31.1 Å². The molecule has 2 aromatic heterocycles. The second-order valence-corrected chi connectivity index (χ2v) is 7.85. The molecule has 3 aliphatic heterocycles. The van der Waals surface area contributed by atoms with Gasteiger partial charge in [0.25, 0.3) is 11.8 Å². The van der Waals surface area contributed by atoms with Gasteiger partial charge in [0.05, 0.1) is 26.0 Å². The smallest absolute Gasteiger partial charge is 0.273 e. The van der Waals surface area contributed by atoms with Crippen molar-refractivity contribution in [3.05, 3.63) is 36.2 Å². The minimum absolute atomic E-state index is 0.206. The summed E-state index contributed by atoms with van der Waals surface area (Å²) in [5.74, 6) is -1.87. The van der Waals surface area contributed by atoms with Crippen LogP contribution in [0.4, 0.5) is 14.6 Å². The quantitative estimate of drug-likeness (QED) is 0.789. The predicted octanol–water partition coefficient (Wildman–Crippen LogP) is 1.32. The highest BCUT2D eigenvalue weighted by atomic mass is 19.3. The average molecular weight is 431 g/mol. The van der Waals surface area contributed by atoms with Crippen LogP contribution < -0.4 is 10.2 Å². The standard InChI is InChI=1S/C20H23F2N7O2/c21-20(22)6-7-28(13-20)18-5-4-16-23-12-14(29(16)26-18)19(30)25-15-2-1-3-17(24-15)27-8-10-31-11-9-27/h1,3-5,12,15H,2,6-11,13H2,(H,25,30). The molecule has 0 saturated carbocycles. The number of fused-ring (bicyclic) bond motifs is 1. The van der Waals surface area contributed by atoms with Crippen LogP contribution in [-0.2, 0) is 4.74 Å². The summed E-state index contributed by atoms with van der Waals surface area (Å²) in [5.41, 5.74) is 0.710. The Hall–Kier alpha value is -3.08. The molecule has 0 radical (unpaired) electrons. The summed E-state index contributed by atoms with van der Waals surface area (Å²) in [6.45, 7) is 2.67. The highest BCUT2D eigenvalue weighted by molar-refractivity contribution is 5.95. The molecule has 1 unspecified atom stereocenters. The van der Waals surface area contributed by atoms with Crippen molar-refractivity contribution in [2.45, 2.75) is 24.9 Å². The molecule has 0 spiro atoms. The molecule has 1 atom stereocenters. The number of morpholine rings is 1. The zero-order chi connectivity index (χ0) is 21.4. The summed E-state index contributed by atoms with van der Waals surface area (Å²) in [4.78, 5) is 25.5. The van der Waals surface area contributed by atoms with E-state index in [1.807, 2.05) is 12.2 Å². The molecule has 1 amide bonds. The van der Waals surface area contributed by atoms with Crippen molar-refractivity contribution < 1.29 is 18.3 Å². The molecule has 5 heterocycles. The number of rotatable bonds is 3. The number of anilines is 1. The van der Waals surface area contributed by atoms with Gasteiger partial charge < -0.3 is 19.9 Å². The fraction of sp³-hybridized carbons (Fsp3) is 0.500. The lowest BCUT2D eigenvalue weighted by Crippen LogP contribution is -2.43. The molecule has 9 nitrogen and oxygen atoms in total. The highest BCUT2D eigenvalue weighted by Crippen LogP contribution is 2.29. The third kappa shape index (κ3) is 4.09. The maximum atomic E-state index is 13.6. The molecule has 2 fully saturated rings. The Kier molecular flexibility index (Phi) is 5.05. The van der Waals surface area contributed by atoms with Crippen LogP contribution in [0.1, 0.15) is 23.3 Å². The molecule has 2 aromatic rings. The number of hydrogen-bond donors (Lipinski definition) is 1. The second-order valence-electron chi connectivity index (χ2n) is 7.85. The first-order valence-corrected chi connectivity index (χ1v) is 10.3. The first-order valence-electron chi connectivity index (χ1n) is 10.3. The van der Waals surface area contributed by atoms with E-state index in [2.05, 4.69) is 25.3 Å². The minimum atomic E-state index is -2.73. The fourth-order valence-electron chi connectivity index (χ4n) is 3.97. The Labute approximate surface area is 177 Å². The molecule has 1 N–H and O–H groups in total. The number of aliphatic imine (C=N–C) groups is 1. The Balaban J connectivity index is 1.33. The molecule has 0 aromatic carbocycles. The number of alkyl halides is 2. The lowest BCUT2D eigenvalue weighted by Gasteiger charge is -2.30. The number of dihydropyridines is 1. The molecule has 0 bridgehead atoms. The van der Waals surface area contributed by atoms with Crippen LogP contribution in [0.15, 0.2) is 35.5 Å². The maximum absolute atomic E-state index is 13.6. The van der Waals surface area contributed by atoms with Crippen molar-refractivity contribution in [2.24, 2.45) is 4.99 Å². The van der Waals surface area contributed by atoms with Crippen LogP contribution in [0.2, 0.25) is 0 Å². The van der Waals surface area contributed by atoms with Gasteiger partial charge in [0.15, 0.2) is 11.3 Å². The number of aromatic nitrogens is 3. The number of nitrogens with one attached hydrogen (secondary N) is 1. The van der Waals surface area contributed by atoms with Gasteiger partial charge >= 0.3 is 0 Å². The summed E-state index contributed by atoms with van der Waals surface area (Å²) < 4.78 is 33.9. The molecule has 31 heavy (non-hydrogen) atoms. The van der Waals surface area contributed by atoms with Crippen LogP contribution in [-0.4, -0.2) is 82.7 Å². The Morgan fingerprint density at radius 2 is 2.03 bits per heavy atom. The van der Waals surface area contributed by atoms with Gasteiger partial charge in [-0.3, -0.25) is 4.79 Å². The third-order valence-corrected chi connectivity index (χ3v) is 5.62. The third-order valence-electron chi connectivity index (χ3n) is 5.62. The number of carbonyl (C=O) groups is 1. The van der Waals surface area contributed by atoms with Crippen molar-refractivity contribution in [3.8, 4) is 0 Å². The normalized spacial score (nSPS) is 23.3. The molecule has 3 aliphatic rings. The molecule has 11 heteroatoms. The van der Waals surface area contributed by atoms with Crippen LogP contribution >= 0.6 is 0 Å². The summed E-state index contributed by atoms with van der Waals surface area (Å²) in [6.07, 6.45) is 5.36. The fourth-order valence-corrected chi connectivity index (χ4v) is 3.97. The van der Waals surface area contributed by atoms with E-state index >= 15 is 0 Å². The summed E-state index contributed by atoms with van der Waals surface area (Å²) in [5, 5.41) is 7.31. The van der Waals surface area contributed by atoms with E-state index in [4.69, 9.17) is 4.74 Å². The molecular formula is C20H23F2N7O2. The van der Waals surface area contributed by atoms with Gasteiger partial charge in [-0.25, -0.2) is 23.3 Å². The zero-order valence-electron chi connectivity index (χ0n) is 16.9. The first kappa shape index (κ1) is 19.9. The monoisotopic (exact) mass is 431 g/mol. The van der Waals surface area contributed by atoms with Gasteiger partial charge in [-0.15, -0.1) is 5.10 Å². The predicted molar refractivity (Wildman–Crippen MR) is 110 cm³/mol. The lowest BCUT2D eigenvalue weighted by atomic mass is 10.2. The summed E-state index contributed by atoms with van der Waals surface area (Å²) >= 11 is 0. The van der Waals surface area contributed by atoms with E-state index in [9.17, 15) is 13.6 Å². The minimum Gasteiger partial charge on any atom is -0.378 e. The SMILES string of the molecule is O=C(NC1CC=CC(N2CCOCC2)=N1)c1cnc2ccc(N3CCC(F)(F)C3)nn12. The van der Waals surface area contributed by atoms with Gasteiger partial charge in [-0.2, -0.15) is 0 Å². The van der Waals surface area contributed by atoms with Crippen LogP contribution in [0.5, 0.6) is 0 Å². The number of ether oxygens (including phenoxy) is 1. The van der Waals surface area contributed by atoms with Crippen molar-refractivity contribution in [1.82, 2.24) is 24.8 Å². The van der Waals surface area contributed by atoms with Crippen molar-refractivity contribution in [1.29, 1.82) is 0 Å². The number of amidine groups is 1.